The van der Waals surface area contributed by atoms with Gasteiger partial charge in [-0.2, -0.15) is 0 Å². The van der Waals surface area contributed by atoms with Crippen LogP contribution in [-0.4, -0.2) is 30.7 Å². The SMILES string of the molecule is CCN(CC)c1ccc(-n2cccc2)cc1C(=O)OC. The van der Waals surface area contributed by atoms with Crippen LogP contribution in [0.15, 0.2) is 42.7 Å². The number of benzene rings is 1. The molecule has 0 bridgehead atoms. The molecule has 4 heteroatoms. The quantitative estimate of drug-likeness (QED) is 0.784. The molecule has 0 radical (unpaired) electrons. The molecule has 1 aromatic carbocycles. The molecule has 0 aliphatic heterocycles. The monoisotopic (exact) mass is 272 g/mol. The van der Waals surface area contributed by atoms with E-state index in [9.17, 15) is 4.79 Å². The lowest BCUT2D eigenvalue weighted by atomic mass is 10.1. The van der Waals surface area contributed by atoms with Gasteiger partial charge in [0.15, 0.2) is 0 Å². The molecule has 0 unspecified atom stereocenters. The molecule has 0 aliphatic carbocycles. The predicted molar refractivity (Wildman–Crippen MR) is 80.7 cm³/mol. The van der Waals surface area contributed by atoms with E-state index in [1.807, 2.05) is 47.3 Å². The van der Waals surface area contributed by atoms with Crippen LogP contribution in [0.25, 0.3) is 5.69 Å². The van der Waals surface area contributed by atoms with Gasteiger partial charge in [0.2, 0.25) is 0 Å². The van der Waals surface area contributed by atoms with E-state index in [2.05, 4.69) is 18.7 Å². The second kappa shape index (κ2) is 6.28. The number of carbonyl (C=O) groups excluding carboxylic acids is 1. The maximum Gasteiger partial charge on any atom is 0.340 e. The molecule has 0 atom stereocenters. The molecule has 0 saturated heterocycles. The molecule has 106 valence electrons. The van der Waals surface area contributed by atoms with Crippen molar-refractivity contribution in [2.75, 3.05) is 25.1 Å². The lowest BCUT2D eigenvalue weighted by Crippen LogP contribution is -2.24. The molecule has 0 saturated carbocycles. The Morgan fingerprint density at radius 2 is 1.85 bits per heavy atom. The molecule has 0 amide bonds. The van der Waals surface area contributed by atoms with E-state index in [1.165, 1.54) is 7.11 Å². The van der Waals surface area contributed by atoms with Gasteiger partial charge in [-0.05, 0) is 44.2 Å². The highest BCUT2D eigenvalue weighted by molar-refractivity contribution is 5.96. The number of nitrogens with zero attached hydrogens (tertiary/aromatic N) is 2. The van der Waals surface area contributed by atoms with Crippen LogP contribution in [0.5, 0.6) is 0 Å². The van der Waals surface area contributed by atoms with Crippen LogP contribution in [0.3, 0.4) is 0 Å². The maximum atomic E-state index is 12.0. The van der Waals surface area contributed by atoms with E-state index in [0.29, 0.717) is 5.56 Å². The Balaban J connectivity index is 2.50. The van der Waals surface area contributed by atoms with E-state index >= 15 is 0 Å². The van der Waals surface area contributed by atoms with Crippen molar-refractivity contribution in [2.24, 2.45) is 0 Å². The van der Waals surface area contributed by atoms with Gasteiger partial charge in [0.05, 0.1) is 18.4 Å². The van der Waals surface area contributed by atoms with Crippen molar-refractivity contribution >= 4 is 11.7 Å². The van der Waals surface area contributed by atoms with Gasteiger partial charge < -0.3 is 14.2 Å². The molecule has 4 nitrogen and oxygen atoms in total. The normalized spacial score (nSPS) is 10.3. The lowest BCUT2D eigenvalue weighted by molar-refractivity contribution is 0.0601. The fraction of sp³-hybridized carbons (Fsp3) is 0.312. The van der Waals surface area contributed by atoms with E-state index in [0.717, 1.165) is 24.5 Å². The summed E-state index contributed by atoms with van der Waals surface area (Å²) in [5.41, 5.74) is 2.46. The lowest BCUT2D eigenvalue weighted by Gasteiger charge is -2.24. The molecule has 1 aromatic heterocycles. The highest BCUT2D eigenvalue weighted by Crippen LogP contribution is 2.24. The van der Waals surface area contributed by atoms with E-state index in [-0.39, 0.29) is 5.97 Å². The topological polar surface area (TPSA) is 34.5 Å². The van der Waals surface area contributed by atoms with Crippen LogP contribution in [0.2, 0.25) is 0 Å². The largest absolute Gasteiger partial charge is 0.465 e. The van der Waals surface area contributed by atoms with Crippen LogP contribution in [0.1, 0.15) is 24.2 Å². The number of anilines is 1. The van der Waals surface area contributed by atoms with Gasteiger partial charge in [-0.25, -0.2) is 4.79 Å². The second-order valence-electron chi connectivity index (χ2n) is 4.46. The summed E-state index contributed by atoms with van der Waals surface area (Å²) in [4.78, 5) is 14.2. The number of hydrogen-bond donors (Lipinski definition) is 0. The molecule has 0 spiro atoms. The molecular weight excluding hydrogens is 252 g/mol. The van der Waals surface area contributed by atoms with Crippen molar-refractivity contribution in [3.63, 3.8) is 0 Å². The summed E-state index contributed by atoms with van der Waals surface area (Å²) < 4.78 is 6.88. The smallest absolute Gasteiger partial charge is 0.340 e. The third-order valence-electron chi connectivity index (χ3n) is 3.39. The van der Waals surface area contributed by atoms with Gasteiger partial charge in [0, 0.05) is 31.2 Å². The Bertz CT molecular complexity index is 572. The first-order chi connectivity index (χ1) is 9.71. The molecule has 2 rings (SSSR count). The van der Waals surface area contributed by atoms with Crippen molar-refractivity contribution in [1.29, 1.82) is 0 Å². The van der Waals surface area contributed by atoms with Crippen LogP contribution in [-0.2, 0) is 4.74 Å². The third kappa shape index (κ3) is 2.69. The first-order valence-electron chi connectivity index (χ1n) is 6.81. The number of aromatic nitrogens is 1. The first-order valence-corrected chi connectivity index (χ1v) is 6.81. The Labute approximate surface area is 119 Å². The van der Waals surface area contributed by atoms with Gasteiger partial charge in [0.1, 0.15) is 0 Å². The van der Waals surface area contributed by atoms with Crippen LogP contribution in [0.4, 0.5) is 5.69 Å². The molecular formula is C16H20N2O2. The Hall–Kier alpha value is -2.23. The molecule has 0 N–H and O–H groups in total. The summed E-state index contributed by atoms with van der Waals surface area (Å²) in [5.74, 6) is -0.305. The molecule has 1 heterocycles. The molecule has 0 aliphatic rings. The van der Waals surface area contributed by atoms with Gasteiger partial charge in [-0.1, -0.05) is 0 Å². The third-order valence-corrected chi connectivity index (χ3v) is 3.39. The van der Waals surface area contributed by atoms with Gasteiger partial charge in [-0.3, -0.25) is 0 Å². The van der Waals surface area contributed by atoms with Gasteiger partial charge >= 0.3 is 5.97 Å². The van der Waals surface area contributed by atoms with E-state index in [4.69, 9.17) is 4.74 Å². The molecule has 20 heavy (non-hydrogen) atoms. The van der Waals surface area contributed by atoms with Crippen molar-refractivity contribution in [1.82, 2.24) is 4.57 Å². The van der Waals surface area contributed by atoms with Crippen LogP contribution in [0, 0.1) is 0 Å². The summed E-state index contributed by atoms with van der Waals surface area (Å²) in [6.07, 6.45) is 3.90. The molecule has 0 fully saturated rings. The molecule has 2 aromatic rings. The van der Waals surface area contributed by atoms with Gasteiger partial charge in [0.25, 0.3) is 0 Å². The van der Waals surface area contributed by atoms with Crippen molar-refractivity contribution < 1.29 is 9.53 Å². The number of esters is 1. The highest BCUT2D eigenvalue weighted by atomic mass is 16.5. The van der Waals surface area contributed by atoms with Crippen LogP contribution >= 0.6 is 0 Å². The average molecular weight is 272 g/mol. The Kier molecular flexibility index (Phi) is 4.45. The van der Waals surface area contributed by atoms with Crippen molar-refractivity contribution in [2.45, 2.75) is 13.8 Å². The number of methoxy groups -OCH3 is 1. The van der Waals surface area contributed by atoms with E-state index in [1.54, 1.807) is 0 Å². The van der Waals surface area contributed by atoms with E-state index < -0.39 is 0 Å². The number of hydrogen-bond acceptors (Lipinski definition) is 3. The van der Waals surface area contributed by atoms with Crippen molar-refractivity contribution in [3.05, 3.63) is 48.3 Å². The Morgan fingerprint density at radius 3 is 2.40 bits per heavy atom. The van der Waals surface area contributed by atoms with Gasteiger partial charge in [-0.15, -0.1) is 0 Å². The fourth-order valence-electron chi connectivity index (χ4n) is 2.30. The minimum Gasteiger partial charge on any atom is -0.465 e. The Morgan fingerprint density at radius 1 is 1.20 bits per heavy atom. The number of ether oxygens (including phenoxy) is 1. The highest BCUT2D eigenvalue weighted by Gasteiger charge is 2.16. The minimum atomic E-state index is -0.305. The summed E-state index contributed by atoms with van der Waals surface area (Å²) >= 11 is 0. The van der Waals surface area contributed by atoms with Crippen molar-refractivity contribution in [3.8, 4) is 5.69 Å². The summed E-state index contributed by atoms with van der Waals surface area (Å²) in [6.45, 7) is 5.85. The second-order valence-corrected chi connectivity index (χ2v) is 4.46. The zero-order valence-electron chi connectivity index (χ0n) is 12.2. The number of rotatable bonds is 5. The predicted octanol–water partition coefficient (Wildman–Crippen LogP) is 3.11. The zero-order chi connectivity index (χ0) is 14.5. The summed E-state index contributed by atoms with van der Waals surface area (Å²) in [7, 11) is 1.41. The number of carbonyl (C=O) groups is 1. The summed E-state index contributed by atoms with van der Waals surface area (Å²) in [6, 6.07) is 9.78. The standard InChI is InChI=1S/C16H20N2O2/c1-4-17(5-2)15-9-8-13(18-10-6-7-11-18)12-14(15)16(19)20-3/h6-12H,4-5H2,1-3H3. The average Bonchev–Trinajstić information content (AvgIpc) is 3.02. The van der Waals surface area contributed by atoms with Crippen LogP contribution < -0.4 is 4.90 Å². The summed E-state index contributed by atoms with van der Waals surface area (Å²) in [5, 5.41) is 0. The fourth-order valence-corrected chi connectivity index (χ4v) is 2.30. The first kappa shape index (κ1) is 14.2. The zero-order valence-corrected chi connectivity index (χ0v) is 12.2. The maximum absolute atomic E-state index is 12.0. The minimum absolute atomic E-state index is 0.305.